The van der Waals surface area contributed by atoms with Crippen LogP contribution in [0.15, 0.2) is 24.3 Å². The monoisotopic (exact) mass is 285 g/mol. The van der Waals surface area contributed by atoms with Crippen LogP contribution in [0.5, 0.6) is 0 Å². The molecule has 1 heterocycles. The molecule has 1 atom stereocenters. The van der Waals surface area contributed by atoms with Crippen molar-refractivity contribution in [3.63, 3.8) is 0 Å². The van der Waals surface area contributed by atoms with E-state index in [0.29, 0.717) is 0 Å². The van der Waals surface area contributed by atoms with Crippen molar-refractivity contribution >= 4 is 0 Å². The molecule has 2 rings (SSSR count). The lowest BCUT2D eigenvalue weighted by molar-refractivity contribution is 0.527. The Kier molecular flexibility index (Phi) is 5.18. The lowest BCUT2D eigenvalue weighted by Gasteiger charge is -2.22. The van der Waals surface area contributed by atoms with Crippen LogP contribution >= 0.6 is 0 Å². The molecule has 0 aliphatic rings. The largest absolute Gasteiger partial charge is 0.305 e. The molecular weight excluding hydrogens is 258 g/mol. The van der Waals surface area contributed by atoms with Crippen LogP contribution in [0.1, 0.15) is 54.4 Å². The number of rotatable bonds is 6. The van der Waals surface area contributed by atoms with Crippen LogP contribution in [0.25, 0.3) is 0 Å². The molecule has 1 unspecified atom stereocenters. The van der Waals surface area contributed by atoms with Crippen LogP contribution in [0.3, 0.4) is 0 Å². The summed E-state index contributed by atoms with van der Waals surface area (Å²) < 4.78 is 2.12. The highest BCUT2D eigenvalue weighted by Gasteiger charge is 2.20. The zero-order chi connectivity index (χ0) is 15.4. The quantitative estimate of drug-likeness (QED) is 0.872. The Labute approximate surface area is 128 Å². The van der Waals surface area contributed by atoms with Crippen LogP contribution in [-0.2, 0) is 6.54 Å². The Bertz CT molecular complexity index is 599. The van der Waals surface area contributed by atoms with Crippen LogP contribution in [0.4, 0.5) is 0 Å². The van der Waals surface area contributed by atoms with Crippen molar-refractivity contribution in [2.75, 3.05) is 6.54 Å². The molecule has 0 saturated carbocycles. The molecule has 0 bridgehead atoms. The molecule has 2 aromatic rings. The van der Waals surface area contributed by atoms with Gasteiger partial charge in [0.05, 0.1) is 17.4 Å². The molecule has 0 amide bonds. The second-order valence-corrected chi connectivity index (χ2v) is 5.70. The highest BCUT2D eigenvalue weighted by atomic mass is 15.3. The molecular formula is C18H27N3. The summed E-state index contributed by atoms with van der Waals surface area (Å²) >= 11 is 0. The number of hydrogen-bond acceptors (Lipinski definition) is 2. The predicted octanol–water partition coefficient (Wildman–Crippen LogP) is 3.92. The molecule has 3 heteroatoms. The van der Waals surface area contributed by atoms with Crippen molar-refractivity contribution in [1.82, 2.24) is 15.1 Å². The van der Waals surface area contributed by atoms with Gasteiger partial charge in [0.2, 0.25) is 0 Å². The van der Waals surface area contributed by atoms with E-state index < -0.39 is 0 Å². The summed E-state index contributed by atoms with van der Waals surface area (Å²) in [5, 5.41) is 8.31. The van der Waals surface area contributed by atoms with Gasteiger partial charge in [-0.05, 0) is 63.4 Å². The summed E-state index contributed by atoms with van der Waals surface area (Å²) in [5.41, 5.74) is 6.42. The molecule has 21 heavy (non-hydrogen) atoms. The van der Waals surface area contributed by atoms with E-state index in [1.165, 1.54) is 22.4 Å². The molecule has 0 aliphatic carbocycles. The van der Waals surface area contributed by atoms with Gasteiger partial charge in [-0.2, -0.15) is 5.10 Å². The Morgan fingerprint density at radius 2 is 1.95 bits per heavy atom. The minimum absolute atomic E-state index is 0.214. The van der Waals surface area contributed by atoms with E-state index in [9.17, 15) is 0 Å². The van der Waals surface area contributed by atoms with Gasteiger partial charge in [-0.3, -0.25) is 4.68 Å². The zero-order valence-electron chi connectivity index (χ0n) is 13.9. The standard InChI is InChI=1S/C18H27N3/c1-6-11-19-18(16-10-8-9-13(3)15(16)5)17-12-14(4)20-21(17)7-2/h8-10,12,18-19H,6-7,11H2,1-5H3. The van der Waals surface area contributed by atoms with Gasteiger partial charge < -0.3 is 5.32 Å². The minimum Gasteiger partial charge on any atom is -0.305 e. The van der Waals surface area contributed by atoms with Crippen molar-refractivity contribution in [1.29, 1.82) is 0 Å². The predicted molar refractivity (Wildman–Crippen MR) is 88.7 cm³/mol. The van der Waals surface area contributed by atoms with Gasteiger partial charge in [-0.25, -0.2) is 0 Å². The fraction of sp³-hybridized carbons (Fsp3) is 0.500. The fourth-order valence-corrected chi connectivity index (χ4v) is 2.80. The normalized spacial score (nSPS) is 12.6. The highest BCUT2D eigenvalue weighted by Crippen LogP contribution is 2.27. The average molecular weight is 285 g/mol. The van der Waals surface area contributed by atoms with Crippen LogP contribution in [0.2, 0.25) is 0 Å². The first kappa shape index (κ1) is 15.8. The molecule has 1 aromatic heterocycles. The molecule has 0 aliphatic heterocycles. The van der Waals surface area contributed by atoms with Crippen LogP contribution in [0, 0.1) is 20.8 Å². The van der Waals surface area contributed by atoms with Crippen LogP contribution in [-0.4, -0.2) is 16.3 Å². The van der Waals surface area contributed by atoms with Gasteiger partial charge in [0.15, 0.2) is 0 Å². The summed E-state index contributed by atoms with van der Waals surface area (Å²) in [4.78, 5) is 0. The van der Waals surface area contributed by atoms with Crippen LogP contribution < -0.4 is 5.32 Å². The van der Waals surface area contributed by atoms with E-state index in [-0.39, 0.29) is 6.04 Å². The molecule has 0 saturated heterocycles. The fourth-order valence-electron chi connectivity index (χ4n) is 2.80. The lowest BCUT2D eigenvalue weighted by Crippen LogP contribution is -2.26. The van der Waals surface area contributed by atoms with E-state index >= 15 is 0 Å². The molecule has 1 N–H and O–H groups in total. The summed E-state index contributed by atoms with van der Waals surface area (Å²) in [6.45, 7) is 12.7. The number of hydrogen-bond donors (Lipinski definition) is 1. The Morgan fingerprint density at radius 1 is 1.19 bits per heavy atom. The molecule has 0 fully saturated rings. The third-order valence-electron chi connectivity index (χ3n) is 4.08. The second-order valence-electron chi connectivity index (χ2n) is 5.70. The summed E-state index contributed by atoms with van der Waals surface area (Å²) in [7, 11) is 0. The van der Waals surface area contributed by atoms with Crippen molar-refractivity contribution in [2.45, 2.75) is 53.6 Å². The Balaban J connectivity index is 2.49. The second kappa shape index (κ2) is 6.90. The third-order valence-corrected chi connectivity index (χ3v) is 4.08. The van der Waals surface area contributed by atoms with Crippen molar-refractivity contribution in [3.05, 3.63) is 52.3 Å². The first-order chi connectivity index (χ1) is 10.1. The number of aromatic nitrogens is 2. The Hall–Kier alpha value is -1.61. The number of nitrogens with one attached hydrogen (secondary N) is 1. The van der Waals surface area contributed by atoms with Gasteiger partial charge in [0.1, 0.15) is 0 Å². The summed E-state index contributed by atoms with van der Waals surface area (Å²) in [6.07, 6.45) is 1.13. The number of aryl methyl sites for hydroxylation is 3. The lowest BCUT2D eigenvalue weighted by atomic mass is 9.95. The maximum atomic E-state index is 4.61. The molecule has 3 nitrogen and oxygen atoms in total. The smallest absolute Gasteiger partial charge is 0.0751 e. The van der Waals surface area contributed by atoms with Crippen molar-refractivity contribution in [3.8, 4) is 0 Å². The molecule has 1 aromatic carbocycles. The van der Waals surface area contributed by atoms with Crippen molar-refractivity contribution < 1.29 is 0 Å². The van der Waals surface area contributed by atoms with E-state index in [0.717, 1.165) is 25.2 Å². The van der Waals surface area contributed by atoms with Gasteiger partial charge in [-0.15, -0.1) is 0 Å². The van der Waals surface area contributed by atoms with E-state index in [4.69, 9.17) is 0 Å². The summed E-state index contributed by atoms with van der Waals surface area (Å²) in [5.74, 6) is 0. The molecule has 0 radical (unpaired) electrons. The highest BCUT2D eigenvalue weighted by molar-refractivity contribution is 5.39. The maximum Gasteiger partial charge on any atom is 0.0751 e. The average Bonchev–Trinajstić information content (AvgIpc) is 2.84. The van der Waals surface area contributed by atoms with E-state index in [1.54, 1.807) is 0 Å². The van der Waals surface area contributed by atoms with Gasteiger partial charge in [-0.1, -0.05) is 25.1 Å². The van der Waals surface area contributed by atoms with Gasteiger partial charge in [0.25, 0.3) is 0 Å². The number of nitrogens with zero attached hydrogens (tertiary/aromatic N) is 2. The Morgan fingerprint density at radius 3 is 2.62 bits per heavy atom. The maximum absolute atomic E-state index is 4.61. The molecule has 0 spiro atoms. The first-order valence-electron chi connectivity index (χ1n) is 7.92. The van der Waals surface area contributed by atoms with E-state index in [1.807, 2.05) is 0 Å². The van der Waals surface area contributed by atoms with E-state index in [2.05, 4.69) is 74.0 Å². The first-order valence-corrected chi connectivity index (χ1v) is 7.92. The van der Waals surface area contributed by atoms with Crippen molar-refractivity contribution in [2.24, 2.45) is 0 Å². The zero-order valence-corrected chi connectivity index (χ0v) is 13.9. The topological polar surface area (TPSA) is 29.9 Å². The molecule has 114 valence electrons. The number of benzene rings is 1. The minimum atomic E-state index is 0.214. The third kappa shape index (κ3) is 3.35. The summed E-state index contributed by atoms with van der Waals surface area (Å²) in [6, 6.07) is 8.98. The van der Waals surface area contributed by atoms with Gasteiger partial charge >= 0.3 is 0 Å². The SMILES string of the molecule is CCCNC(c1cccc(C)c1C)c1cc(C)nn1CC. The van der Waals surface area contributed by atoms with Gasteiger partial charge in [0, 0.05) is 6.54 Å².